The Morgan fingerprint density at radius 3 is 2.94 bits per heavy atom. The van der Waals surface area contributed by atoms with Crippen LogP contribution in [0.25, 0.3) is 10.9 Å². The third-order valence-electron chi connectivity index (χ3n) is 2.40. The molecule has 0 saturated heterocycles. The van der Waals surface area contributed by atoms with Crippen molar-refractivity contribution in [2.24, 2.45) is 5.73 Å². The zero-order chi connectivity index (χ0) is 12.1. The van der Waals surface area contributed by atoms with Gasteiger partial charge in [0.1, 0.15) is 11.6 Å². The molecule has 2 aromatic rings. The average Bonchev–Trinajstić information content (AvgIpc) is 2.38. The van der Waals surface area contributed by atoms with Crippen molar-refractivity contribution in [1.29, 1.82) is 5.26 Å². The summed E-state index contributed by atoms with van der Waals surface area (Å²) in [5.41, 5.74) is 6.68. The van der Waals surface area contributed by atoms with Crippen molar-refractivity contribution in [1.82, 2.24) is 4.98 Å². The van der Waals surface area contributed by atoms with Crippen molar-refractivity contribution in [2.45, 2.75) is 6.42 Å². The van der Waals surface area contributed by atoms with Crippen LogP contribution in [0.3, 0.4) is 0 Å². The number of nitrogens with zero attached hydrogens (tertiary/aromatic N) is 2. The second-order valence-corrected chi connectivity index (χ2v) is 3.64. The van der Waals surface area contributed by atoms with Crippen LogP contribution in [-0.2, 0) is 0 Å². The van der Waals surface area contributed by atoms with Gasteiger partial charge in [0.15, 0.2) is 0 Å². The molecular weight excluding hydrogens is 214 g/mol. The third kappa shape index (κ3) is 2.52. The van der Waals surface area contributed by atoms with Crippen LogP contribution in [0.5, 0.6) is 5.88 Å². The van der Waals surface area contributed by atoms with Crippen LogP contribution in [0.4, 0.5) is 0 Å². The van der Waals surface area contributed by atoms with Gasteiger partial charge in [0.25, 0.3) is 0 Å². The van der Waals surface area contributed by atoms with E-state index in [4.69, 9.17) is 15.7 Å². The minimum atomic E-state index is 0.389. The zero-order valence-corrected chi connectivity index (χ0v) is 9.39. The Balaban J connectivity index is 2.36. The molecule has 0 aliphatic heterocycles. The zero-order valence-electron chi connectivity index (χ0n) is 9.39. The van der Waals surface area contributed by atoms with Crippen LogP contribution in [-0.4, -0.2) is 18.1 Å². The van der Waals surface area contributed by atoms with Crippen LogP contribution in [0.15, 0.2) is 30.3 Å². The largest absolute Gasteiger partial charge is 0.477 e. The maximum Gasteiger partial charge on any atom is 0.232 e. The molecule has 0 saturated carbocycles. The first-order valence-corrected chi connectivity index (χ1v) is 5.48. The van der Waals surface area contributed by atoms with Crippen molar-refractivity contribution in [3.05, 3.63) is 35.9 Å². The number of para-hydroxylation sites is 1. The monoisotopic (exact) mass is 227 g/mol. The van der Waals surface area contributed by atoms with E-state index in [2.05, 4.69) is 11.1 Å². The minimum absolute atomic E-state index is 0.389. The summed E-state index contributed by atoms with van der Waals surface area (Å²) in [5.74, 6) is 0.389. The lowest BCUT2D eigenvalue weighted by Crippen LogP contribution is -2.07. The van der Waals surface area contributed by atoms with Crippen molar-refractivity contribution in [3.63, 3.8) is 0 Å². The molecule has 0 unspecified atom stereocenters. The van der Waals surface area contributed by atoms with Gasteiger partial charge < -0.3 is 10.5 Å². The van der Waals surface area contributed by atoms with Crippen molar-refractivity contribution in [2.75, 3.05) is 13.2 Å². The highest BCUT2D eigenvalue weighted by Crippen LogP contribution is 2.21. The van der Waals surface area contributed by atoms with Crippen molar-refractivity contribution < 1.29 is 4.74 Å². The Bertz CT molecular complexity index is 560. The molecule has 0 aliphatic rings. The van der Waals surface area contributed by atoms with E-state index >= 15 is 0 Å². The summed E-state index contributed by atoms with van der Waals surface area (Å²) in [7, 11) is 0. The molecular formula is C13H13N3O. The molecule has 0 spiro atoms. The first kappa shape index (κ1) is 11.4. The summed E-state index contributed by atoms with van der Waals surface area (Å²) in [6.45, 7) is 1.05. The van der Waals surface area contributed by atoms with E-state index in [1.807, 2.05) is 24.3 Å². The molecule has 1 heterocycles. The fraction of sp³-hybridized carbons (Fsp3) is 0.231. The van der Waals surface area contributed by atoms with Gasteiger partial charge in [-0.1, -0.05) is 18.2 Å². The fourth-order valence-electron chi connectivity index (χ4n) is 1.54. The minimum Gasteiger partial charge on any atom is -0.477 e. The van der Waals surface area contributed by atoms with Gasteiger partial charge in [0.2, 0.25) is 5.88 Å². The highest BCUT2D eigenvalue weighted by molar-refractivity contribution is 5.80. The lowest BCUT2D eigenvalue weighted by molar-refractivity contribution is 0.302. The van der Waals surface area contributed by atoms with Gasteiger partial charge >= 0.3 is 0 Å². The second-order valence-electron chi connectivity index (χ2n) is 3.64. The van der Waals surface area contributed by atoms with Gasteiger partial charge in [-0.15, -0.1) is 0 Å². The molecule has 2 N–H and O–H groups in total. The predicted octanol–water partition coefficient (Wildman–Crippen LogP) is 1.83. The van der Waals surface area contributed by atoms with E-state index in [1.165, 1.54) is 0 Å². The van der Waals surface area contributed by atoms with Crippen LogP contribution in [0.1, 0.15) is 12.0 Å². The fourth-order valence-corrected chi connectivity index (χ4v) is 1.54. The molecule has 4 heteroatoms. The quantitative estimate of drug-likeness (QED) is 0.809. The van der Waals surface area contributed by atoms with Gasteiger partial charge in [0, 0.05) is 5.39 Å². The maximum absolute atomic E-state index is 9.04. The van der Waals surface area contributed by atoms with Gasteiger partial charge in [-0.05, 0) is 25.1 Å². The first-order chi connectivity index (χ1) is 8.35. The van der Waals surface area contributed by atoms with Gasteiger partial charge in [0.05, 0.1) is 12.1 Å². The molecule has 0 amide bonds. The number of pyridine rings is 1. The standard InChI is InChI=1S/C13H13N3O/c14-6-3-7-17-13-11(9-15)8-10-4-1-2-5-12(10)16-13/h1-2,4-5,8H,3,6-7,14H2. The van der Waals surface area contributed by atoms with Crippen LogP contribution >= 0.6 is 0 Å². The van der Waals surface area contributed by atoms with Crippen LogP contribution < -0.4 is 10.5 Å². The Labute approximate surface area is 99.6 Å². The lowest BCUT2D eigenvalue weighted by Gasteiger charge is -2.07. The third-order valence-corrected chi connectivity index (χ3v) is 2.40. The smallest absolute Gasteiger partial charge is 0.232 e. The van der Waals surface area contributed by atoms with E-state index in [0.717, 1.165) is 17.3 Å². The number of nitriles is 1. The molecule has 1 aromatic heterocycles. The number of nitrogens with two attached hydrogens (primary N) is 1. The second kappa shape index (κ2) is 5.28. The van der Waals surface area contributed by atoms with E-state index in [-0.39, 0.29) is 0 Å². The highest BCUT2D eigenvalue weighted by atomic mass is 16.5. The van der Waals surface area contributed by atoms with E-state index in [0.29, 0.717) is 24.6 Å². The van der Waals surface area contributed by atoms with Gasteiger partial charge in [-0.25, -0.2) is 4.98 Å². The van der Waals surface area contributed by atoms with Crippen molar-refractivity contribution in [3.8, 4) is 11.9 Å². The molecule has 4 nitrogen and oxygen atoms in total. The Morgan fingerprint density at radius 1 is 1.35 bits per heavy atom. The SMILES string of the molecule is N#Cc1cc2ccccc2nc1OCCCN. The molecule has 17 heavy (non-hydrogen) atoms. The molecule has 0 bridgehead atoms. The molecule has 0 aliphatic carbocycles. The Kier molecular flexibility index (Phi) is 3.53. The van der Waals surface area contributed by atoms with E-state index in [9.17, 15) is 0 Å². The normalized spacial score (nSPS) is 10.1. The summed E-state index contributed by atoms with van der Waals surface area (Å²) in [6, 6.07) is 11.5. The van der Waals surface area contributed by atoms with E-state index < -0.39 is 0 Å². The van der Waals surface area contributed by atoms with Crippen molar-refractivity contribution >= 4 is 10.9 Å². The van der Waals surface area contributed by atoms with E-state index in [1.54, 1.807) is 6.07 Å². The molecule has 0 radical (unpaired) electrons. The number of aromatic nitrogens is 1. The Hall–Kier alpha value is -2.12. The molecule has 1 aromatic carbocycles. The van der Waals surface area contributed by atoms with Crippen LogP contribution in [0.2, 0.25) is 0 Å². The average molecular weight is 227 g/mol. The lowest BCUT2D eigenvalue weighted by atomic mass is 10.1. The van der Waals surface area contributed by atoms with Gasteiger partial charge in [-0.2, -0.15) is 5.26 Å². The van der Waals surface area contributed by atoms with Crippen LogP contribution in [0, 0.1) is 11.3 Å². The summed E-state index contributed by atoms with van der Waals surface area (Å²) >= 11 is 0. The summed E-state index contributed by atoms with van der Waals surface area (Å²) in [4.78, 5) is 4.33. The molecule has 2 rings (SSSR count). The summed E-state index contributed by atoms with van der Waals surface area (Å²) in [6.07, 6.45) is 0.749. The topological polar surface area (TPSA) is 71.9 Å². The van der Waals surface area contributed by atoms with Gasteiger partial charge in [-0.3, -0.25) is 0 Å². The summed E-state index contributed by atoms with van der Waals surface area (Å²) < 4.78 is 5.46. The number of benzene rings is 1. The highest BCUT2D eigenvalue weighted by Gasteiger charge is 2.07. The number of hydrogen-bond donors (Lipinski definition) is 1. The predicted molar refractivity (Wildman–Crippen MR) is 65.6 cm³/mol. The Morgan fingerprint density at radius 2 is 2.18 bits per heavy atom. The molecule has 86 valence electrons. The summed E-state index contributed by atoms with van der Waals surface area (Å²) in [5, 5.41) is 9.98. The first-order valence-electron chi connectivity index (χ1n) is 5.48. The molecule has 0 fully saturated rings. The number of rotatable bonds is 4. The number of hydrogen-bond acceptors (Lipinski definition) is 4. The number of ether oxygens (including phenoxy) is 1. The number of fused-ring (bicyclic) bond motifs is 1. The maximum atomic E-state index is 9.04. The molecule has 0 atom stereocenters.